The number of fused-ring (bicyclic) bond motifs is 1. The van der Waals surface area contributed by atoms with Crippen LogP contribution in [0.25, 0.3) is 0 Å². The molecule has 0 radical (unpaired) electrons. The maximum atomic E-state index is 5.94. The zero-order valence-electron chi connectivity index (χ0n) is 9.84. The van der Waals surface area contributed by atoms with Crippen LogP contribution < -0.4 is 0 Å². The van der Waals surface area contributed by atoms with E-state index >= 15 is 0 Å². The summed E-state index contributed by atoms with van der Waals surface area (Å²) in [7, 11) is 0. The summed E-state index contributed by atoms with van der Waals surface area (Å²) >= 11 is 0. The van der Waals surface area contributed by atoms with E-state index in [9.17, 15) is 0 Å². The lowest BCUT2D eigenvalue weighted by Crippen LogP contribution is -2.29. The Morgan fingerprint density at radius 1 is 1.24 bits per heavy atom. The van der Waals surface area contributed by atoms with Crippen molar-refractivity contribution >= 4 is 5.71 Å². The fraction of sp³-hybridized carbons (Fsp3) is 0.500. The fourth-order valence-electron chi connectivity index (χ4n) is 2.49. The van der Waals surface area contributed by atoms with Crippen LogP contribution in [0.15, 0.2) is 35.5 Å². The molecule has 0 N–H and O–H groups in total. The molecular formula is C14H17NO2. The van der Waals surface area contributed by atoms with Gasteiger partial charge in [-0.15, -0.1) is 0 Å². The summed E-state index contributed by atoms with van der Waals surface area (Å²) in [6.45, 7) is 1.48. The molecule has 3 rings (SSSR count). The number of ether oxygens (including phenoxy) is 1. The van der Waals surface area contributed by atoms with Gasteiger partial charge in [0, 0.05) is 12.3 Å². The van der Waals surface area contributed by atoms with Gasteiger partial charge < -0.3 is 9.57 Å². The highest BCUT2D eigenvalue weighted by molar-refractivity contribution is 5.88. The Morgan fingerprint density at radius 2 is 2.12 bits per heavy atom. The standard InChI is InChI=1S/C14H17NO2/c1-2-4-11(5-3-1)9-16-13-7-6-12-10-17-15-14(12)8-13/h1-5,12-13H,6-10H2. The van der Waals surface area contributed by atoms with Gasteiger partial charge in [-0.2, -0.15) is 0 Å². The van der Waals surface area contributed by atoms with Gasteiger partial charge in [-0.3, -0.25) is 0 Å². The van der Waals surface area contributed by atoms with Crippen molar-refractivity contribution in [3.63, 3.8) is 0 Å². The Kier molecular flexibility index (Phi) is 3.10. The Labute approximate surface area is 101 Å². The quantitative estimate of drug-likeness (QED) is 0.800. The summed E-state index contributed by atoms with van der Waals surface area (Å²) in [6.07, 6.45) is 3.53. The summed E-state index contributed by atoms with van der Waals surface area (Å²) in [4.78, 5) is 5.14. The van der Waals surface area contributed by atoms with E-state index in [1.54, 1.807) is 0 Å². The van der Waals surface area contributed by atoms with Gasteiger partial charge in [0.2, 0.25) is 0 Å². The van der Waals surface area contributed by atoms with Crippen molar-refractivity contribution in [2.45, 2.75) is 32.0 Å². The molecule has 0 spiro atoms. The molecule has 0 amide bonds. The number of oxime groups is 1. The zero-order valence-corrected chi connectivity index (χ0v) is 9.84. The number of hydrogen-bond acceptors (Lipinski definition) is 3. The van der Waals surface area contributed by atoms with Crippen LogP contribution in [0, 0.1) is 5.92 Å². The SMILES string of the molecule is c1ccc(COC2CCC3CON=C3C2)cc1. The van der Waals surface area contributed by atoms with Gasteiger partial charge in [0.05, 0.1) is 18.4 Å². The van der Waals surface area contributed by atoms with Crippen molar-refractivity contribution in [3.05, 3.63) is 35.9 Å². The average Bonchev–Trinajstić information content (AvgIpc) is 2.85. The molecule has 3 nitrogen and oxygen atoms in total. The van der Waals surface area contributed by atoms with Gasteiger partial charge in [0.25, 0.3) is 0 Å². The molecule has 2 atom stereocenters. The Morgan fingerprint density at radius 3 is 3.00 bits per heavy atom. The van der Waals surface area contributed by atoms with Crippen LogP contribution >= 0.6 is 0 Å². The molecule has 0 aromatic heterocycles. The molecule has 1 heterocycles. The third-order valence-electron chi connectivity index (χ3n) is 3.53. The number of nitrogens with zero attached hydrogens (tertiary/aromatic N) is 1. The first kappa shape index (κ1) is 10.8. The first-order valence-corrected chi connectivity index (χ1v) is 6.26. The Bertz CT molecular complexity index is 402. The van der Waals surface area contributed by atoms with E-state index in [4.69, 9.17) is 9.57 Å². The molecule has 3 heteroatoms. The van der Waals surface area contributed by atoms with E-state index in [0.717, 1.165) is 25.9 Å². The van der Waals surface area contributed by atoms with Crippen molar-refractivity contribution in [3.8, 4) is 0 Å². The minimum atomic E-state index is 0.312. The largest absolute Gasteiger partial charge is 0.395 e. The first-order valence-electron chi connectivity index (χ1n) is 6.26. The monoisotopic (exact) mass is 231 g/mol. The molecule has 1 saturated carbocycles. The van der Waals surface area contributed by atoms with Gasteiger partial charge in [-0.25, -0.2) is 0 Å². The summed E-state index contributed by atoms with van der Waals surface area (Å²) in [5, 5.41) is 4.10. The maximum Gasteiger partial charge on any atom is 0.125 e. The molecule has 1 fully saturated rings. The number of rotatable bonds is 3. The van der Waals surface area contributed by atoms with Crippen LogP contribution in [-0.4, -0.2) is 18.4 Å². The van der Waals surface area contributed by atoms with E-state index in [2.05, 4.69) is 17.3 Å². The van der Waals surface area contributed by atoms with E-state index in [0.29, 0.717) is 18.6 Å². The van der Waals surface area contributed by atoms with Crippen LogP contribution in [0.5, 0.6) is 0 Å². The van der Waals surface area contributed by atoms with Gasteiger partial charge in [0.15, 0.2) is 0 Å². The van der Waals surface area contributed by atoms with E-state index in [1.165, 1.54) is 11.3 Å². The highest BCUT2D eigenvalue weighted by atomic mass is 16.6. The second-order valence-corrected chi connectivity index (χ2v) is 4.78. The lowest BCUT2D eigenvalue weighted by Gasteiger charge is -2.25. The lowest BCUT2D eigenvalue weighted by atomic mass is 9.86. The van der Waals surface area contributed by atoms with E-state index in [-0.39, 0.29) is 0 Å². The summed E-state index contributed by atoms with van der Waals surface area (Å²) in [6, 6.07) is 10.3. The molecule has 2 aliphatic rings. The minimum absolute atomic E-state index is 0.312. The predicted octanol–water partition coefficient (Wildman–Crippen LogP) is 2.76. The maximum absolute atomic E-state index is 5.94. The molecule has 2 unspecified atom stereocenters. The molecule has 1 aliphatic carbocycles. The van der Waals surface area contributed by atoms with Gasteiger partial charge >= 0.3 is 0 Å². The van der Waals surface area contributed by atoms with Crippen LogP contribution in [0.4, 0.5) is 0 Å². The topological polar surface area (TPSA) is 30.8 Å². The van der Waals surface area contributed by atoms with Crippen LogP contribution in [-0.2, 0) is 16.2 Å². The van der Waals surface area contributed by atoms with Crippen LogP contribution in [0.1, 0.15) is 24.8 Å². The predicted molar refractivity (Wildman–Crippen MR) is 65.7 cm³/mol. The molecule has 17 heavy (non-hydrogen) atoms. The molecular weight excluding hydrogens is 214 g/mol. The smallest absolute Gasteiger partial charge is 0.125 e. The van der Waals surface area contributed by atoms with E-state index in [1.807, 2.05) is 18.2 Å². The fourth-order valence-corrected chi connectivity index (χ4v) is 2.49. The molecule has 1 aromatic carbocycles. The average molecular weight is 231 g/mol. The Balaban J connectivity index is 1.53. The number of hydrogen-bond donors (Lipinski definition) is 0. The highest BCUT2D eigenvalue weighted by Crippen LogP contribution is 2.28. The third kappa shape index (κ3) is 2.50. The van der Waals surface area contributed by atoms with E-state index < -0.39 is 0 Å². The van der Waals surface area contributed by atoms with Gasteiger partial charge in [0.1, 0.15) is 6.61 Å². The molecule has 1 aliphatic heterocycles. The lowest BCUT2D eigenvalue weighted by molar-refractivity contribution is 0.0304. The summed E-state index contributed by atoms with van der Waals surface area (Å²) in [5.74, 6) is 0.562. The summed E-state index contributed by atoms with van der Waals surface area (Å²) in [5.41, 5.74) is 2.44. The normalized spacial score (nSPS) is 27.2. The first-order chi connectivity index (χ1) is 8.42. The minimum Gasteiger partial charge on any atom is -0.395 e. The zero-order chi connectivity index (χ0) is 11.5. The summed E-state index contributed by atoms with van der Waals surface area (Å²) < 4.78 is 5.94. The highest BCUT2D eigenvalue weighted by Gasteiger charge is 2.31. The van der Waals surface area contributed by atoms with Gasteiger partial charge in [-0.05, 0) is 18.4 Å². The second kappa shape index (κ2) is 4.88. The van der Waals surface area contributed by atoms with Crippen molar-refractivity contribution in [2.75, 3.05) is 6.61 Å². The van der Waals surface area contributed by atoms with Gasteiger partial charge in [-0.1, -0.05) is 35.5 Å². The molecule has 1 aromatic rings. The molecule has 0 bridgehead atoms. The van der Waals surface area contributed by atoms with Crippen molar-refractivity contribution < 1.29 is 9.57 Å². The Hall–Kier alpha value is -1.35. The van der Waals surface area contributed by atoms with Crippen LogP contribution in [0.2, 0.25) is 0 Å². The van der Waals surface area contributed by atoms with Crippen molar-refractivity contribution in [1.29, 1.82) is 0 Å². The van der Waals surface area contributed by atoms with Crippen molar-refractivity contribution in [2.24, 2.45) is 11.1 Å². The van der Waals surface area contributed by atoms with Crippen molar-refractivity contribution in [1.82, 2.24) is 0 Å². The third-order valence-corrected chi connectivity index (χ3v) is 3.53. The number of benzene rings is 1. The molecule has 0 saturated heterocycles. The molecule has 90 valence electrons. The second-order valence-electron chi connectivity index (χ2n) is 4.78. The van der Waals surface area contributed by atoms with Crippen LogP contribution in [0.3, 0.4) is 0 Å².